The number of esters is 1. The summed E-state index contributed by atoms with van der Waals surface area (Å²) in [4.78, 5) is 28.3. The van der Waals surface area contributed by atoms with Crippen molar-refractivity contribution in [1.82, 2.24) is 0 Å². The Morgan fingerprint density at radius 1 is 1.36 bits per heavy atom. The molecular weight excluding hydrogens is 280 g/mol. The van der Waals surface area contributed by atoms with Gasteiger partial charge in [-0.25, -0.2) is 4.79 Å². The molecule has 1 aromatic carbocycles. The normalized spacial score (nSPS) is 22.8. The zero-order chi connectivity index (χ0) is 15.9. The Hall–Kier alpha value is -2.04. The molecule has 118 valence electrons. The van der Waals surface area contributed by atoms with E-state index in [1.54, 1.807) is 12.1 Å². The highest BCUT2D eigenvalue weighted by atomic mass is 16.5. The Kier molecular flexibility index (Phi) is 3.59. The fourth-order valence-corrected chi connectivity index (χ4v) is 3.60. The van der Waals surface area contributed by atoms with Crippen molar-refractivity contribution in [2.24, 2.45) is 0 Å². The summed E-state index contributed by atoms with van der Waals surface area (Å²) < 4.78 is 4.80. The average Bonchev–Trinajstić information content (AvgIpc) is 2.95. The van der Waals surface area contributed by atoms with Crippen molar-refractivity contribution in [2.45, 2.75) is 45.2 Å². The number of benzene rings is 1. The molecule has 0 aromatic heterocycles. The third kappa shape index (κ3) is 1.99. The third-order valence-electron chi connectivity index (χ3n) is 4.79. The zero-order valence-corrected chi connectivity index (χ0v) is 13.4. The summed E-state index contributed by atoms with van der Waals surface area (Å²) in [6.45, 7) is 5.20. The Bertz CT molecular complexity index is 628. The van der Waals surface area contributed by atoms with Crippen LogP contribution in [0.25, 0.3) is 0 Å². The molecule has 0 radical (unpaired) electrons. The van der Waals surface area contributed by atoms with Gasteiger partial charge in [-0.2, -0.15) is 0 Å². The minimum Gasteiger partial charge on any atom is -0.465 e. The molecule has 1 fully saturated rings. The molecule has 1 unspecified atom stereocenters. The highest BCUT2D eigenvalue weighted by Crippen LogP contribution is 2.50. The van der Waals surface area contributed by atoms with Crippen molar-refractivity contribution >= 4 is 23.3 Å². The summed E-state index contributed by atoms with van der Waals surface area (Å²) in [5.41, 5.74) is 2.06. The highest BCUT2D eigenvalue weighted by molar-refractivity contribution is 6.06. The Balaban J connectivity index is 2.07. The average molecular weight is 302 g/mol. The fourth-order valence-electron chi connectivity index (χ4n) is 3.60. The maximum absolute atomic E-state index is 12.4. The third-order valence-corrected chi connectivity index (χ3v) is 4.79. The molecule has 1 aromatic rings. The van der Waals surface area contributed by atoms with E-state index in [-0.39, 0.29) is 17.5 Å². The number of fused-ring (bicyclic) bond motifs is 3. The minimum atomic E-state index is -0.372. The standard InChI is InChI=1S/C17H22N2O3/c1-4-5-10-18-13-7-6-12(16(21)22-3)11-14(13)19-15(20)8-9-17(18,19)2/h6-7,11H,4-5,8-10H2,1-3H3. The molecule has 1 saturated heterocycles. The molecule has 22 heavy (non-hydrogen) atoms. The van der Waals surface area contributed by atoms with E-state index >= 15 is 0 Å². The van der Waals surface area contributed by atoms with Crippen LogP contribution in [0.3, 0.4) is 0 Å². The van der Waals surface area contributed by atoms with Crippen molar-refractivity contribution in [2.75, 3.05) is 23.5 Å². The van der Waals surface area contributed by atoms with Crippen LogP contribution in [0.5, 0.6) is 0 Å². The van der Waals surface area contributed by atoms with Crippen LogP contribution in [0.2, 0.25) is 0 Å². The Morgan fingerprint density at radius 3 is 2.82 bits per heavy atom. The number of hydrogen-bond acceptors (Lipinski definition) is 4. The van der Waals surface area contributed by atoms with Crippen molar-refractivity contribution in [3.63, 3.8) is 0 Å². The minimum absolute atomic E-state index is 0.129. The van der Waals surface area contributed by atoms with Gasteiger partial charge in [0.15, 0.2) is 0 Å². The second kappa shape index (κ2) is 5.30. The number of hydrogen-bond donors (Lipinski definition) is 0. The van der Waals surface area contributed by atoms with Crippen LogP contribution in [0.1, 0.15) is 49.9 Å². The van der Waals surface area contributed by atoms with E-state index in [1.807, 2.05) is 11.0 Å². The van der Waals surface area contributed by atoms with E-state index in [2.05, 4.69) is 18.7 Å². The van der Waals surface area contributed by atoms with Gasteiger partial charge in [0, 0.05) is 13.0 Å². The smallest absolute Gasteiger partial charge is 0.337 e. The van der Waals surface area contributed by atoms with E-state index in [0.717, 1.165) is 37.2 Å². The van der Waals surface area contributed by atoms with Crippen LogP contribution in [0.4, 0.5) is 11.4 Å². The SMILES string of the molecule is CCCCN1c2ccc(C(=O)OC)cc2N2C(=O)CCC12C. The molecule has 0 aliphatic carbocycles. The number of amides is 1. The summed E-state index contributed by atoms with van der Waals surface area (Å²) in [6, 6.07) is 5.50. The van der Waals surface area contributed by atoms with Gasteiger partial charge in [-0.3, -0.25) is 9.69 Å². The maximum Gasteiger partial charge on any atom is 0.337 e. The number of rotatable bonds is 4. The van der Waals surface area contributed by atoms with Crippen LogP contribution >= 0.6 is 0 Å². The number of carbonyl (C=O) groups excluding carboxylic acids is 2. The van der Waals surface area contributed by atoms with Crippen LogP contribution in [0, 0.1) is 0 Å². The lowest BCUT2D eigenvalue weighted by Gasteiger charge is -2.37. The topological polar surface area (TPSA) is 49.9 Å². The van der Waals surface area contributed by atoms with Crippen molar-refractivity contribution in [3.05, 3.63) is 23.8 Å². The molecule has 0 saturated carbocycles. The van der Waals surface area contributed by atoms with Crippen molar-refractivity contribution < 1.29 is 14.3 Å². The van der Waals surface area contributed by atoms with Gasteiger partial charge in [0.05, 0.1) is 24.0 Å². The van der Waals surface area contributed by atoms with Crippen LogP contribution in [0.15, 0.2) is 18.2 Å². The molecule has 5 nitrogen and oxygen atoms in total. The number of nitrogens with zero attached hydrogens (tertiary/aromatic N) is 2. The lowest BCUT2D eigenvalue weighted by atomic mass is 10.1. The Labute approximate surface area is 130 Å². The first-order valence-corrected chi connectivity index (χ1v) is 7.86. The van der Waals surface area contributed by atoms with Crippen molar-refractivity contribution in [3.8, 4) is 0 Å². The monoisotopic (exact) mass is 302 g/mol. The predicted octanol–water partition coefficient (Wildman–Crippen LogP) is 2.94. The molecule has 2 heterocycles. The van der Waals surface area contributed by atoms with Crippen molar-refractivity contribution in [1.29, 1.82) is 0 Å². The van der Waals surface area contributed by atoms with E-state index in [1.165, 1.54) is 7.11 Å². The predicted molar refractivity (Wildman–Crippen MR) is 85.2 cm³/mol. The first-order valence-electron chi connectivity index (χ1n) is 7.86. The molecule has 2 aliphatic rings. The first-order chi connectivity index (χ1) is 10.5. The number of carbonyl (C=O) groups is 2. The van der Waals surface area contributed by atoms with Crippen LogP contribution < -0.4 is 9.80 Å². The van der Waals surface area contributed by atoms with Gasteiger partial charge in [-0.05, 0) is 38.0 Å². The molecule has 2 aliphatic heterocycles. The van der Waals surface area contributed by atoms with Gasteiger partial charge in [0.1, 0.15) is 5.66 Å². The summed E-state index contributed by atoms with van der Waals surface area (Å²) in [7, 11) is 1.37. The summed E-state index contributed by atoms with van der Waals surface area (Å²) in [5.74, 6) is -0.243. The summed E-state index contributed by atoms with van der Waals surface area (Å²) in [6.07, 6.45) is 3.56. The molecular formula is C17H22N2O3. The van der Waals surface area contributed by atoms with Gasteiger partial charge >= 0.3 is 5.97 Å². The Morgan fingerprint density at radius 2 is 2.14 bits per heavy atom. The van der Waals surface area contributed by atoms with Crippen LogP contribution in [-0.4, -0.2) is 31.2 Å². The zero-order valence-electron chi connectivity index (χ0n) is 13.4. The second-order valence-electron chi connectivity index (χ2n) is 6.15. The van der Waals surface area contributed by atoms with Gasteiger partial charge in [0.2, 0.25) is 5.91 Å². The number of anilines is 2. The second-order valence-corrected chi connectivity index (χ2v) is 6.15. The number of unbranched alkanes of at least 4 members (excludes halogenated alkanes) is 1. The largest absolute Gasteiger partial charge is 0.465 e. The quantitative estimate of drug-likeness (QED) is 0.802. The first kappa shape index (κ1) is 14.9. The maximum atomic E-state index is 12.4. The molecule has 5 heteroatoms. The van der Waals surface area contributed by atoms with Gasteiger partial charge < -0.3 is 9.64 Å². The van der Waals surface area contributed by atoms with E-state index < -0.39 is 0 Å². The lowest BCUT2D eigenvalue weighted by Crippen LogP contribution is -2.52. The summed E-state index contributed by atoms with van der Waals surface area (Å²) in [5, 5.41) is 0. The molecule has 1 atom stereocenters. The molecule has 3 rings (SSSR count). The summed E-state index contributed by atoms with van der Waals surface area (Å²) >= 11 is 0. The fraction of sp³-hybridized carbons (Fsp3) is 0.529. The van der Waals surface area contributed by atoms with Gasteiger partial charge in [0.25, 0.3) is 0 Å². The number of methoxy groups -OCH3 is 1. The lowest BCUT2D eigenvalue weighted by molar-refractivity contribution is -0.117. The molecule has 0 N–H and O–H groups in total. The number of ether oxygens (including phenoxy) is 1. The van der Waals surface area contributed by atoms with E-state index in [9.17, 15) is 9.59 Å². The molecule has 1 amide bonds. The van der Waals surface area contributed by atoms with E-state index in [0.29, 0.717) is 12.0 Å². The van der Waals surface area contributed by atoms with E-state index in [4.69, 9.17) is 4.74 Å². The van der Waals surface area contributed by atoms with Crippen LogP contribution in [-0.2, 0) is 9.53 Å². The van der Waals surface area contributed by atoms with Gasteiger partial charge in [-0.15, -0.1) is 0 Å². The van der Waals surface area contributed by atoms with Gasteiger partial charge in [-0.1, -0.05) is 13.3 Å². The highest BCUT2D eigenvalue weighted by Gasteiger charge is 2.52. The molecule has 0 bridgehead atoms. The molecule has 0 spiro atoms.